The molecule has 696 valence electrons. The maximum Gasteiger partial charge on any atom is 0.337 e. The van der Waals surface area contributed by atoms with Gasteiger partial charge in [-0.2, -0.15) is 0 Å². The number of methoxy groups -OCH3 is 2. The third kappa shape index (κ3) is 38.3. The van der Waals surface area contributed by atoms with Crippen molar-refractivity contribution in [2.45, 2.75) is 320 Å². The molecular formula is C90H117N3O34. The molecule has 5 aliphatic heterocycles. The van der Waals surface area contributed by atoms with Crippen molar-refractivity contribution in [3.63, 3.8) is 0 Å². The van der Waals surface area contributed by atoms with Crippen LogP contribution in [0.1, 0.15) is 149 Å². The van der Waals surface area contributed by atoms with Gasteiger partial charge >= 0.3 is 11.9 Å². The average Bonchev–Trinajstić information content (AvgIpc) is 0.766. The first-order valence-electron chi connectivity index (χ1n) is 42.0. The van der Waals surface area contributed by atoms with Crippen LogP contribution in [0.4, 0.5) is 0 Å². The minimum absolute atomic E-state index is 0.0274. The van der Waals surface area contributed by atoms with Crippen molar-refractivity contribution < 1.29 is 167 Å². The van der Waals surface area contributed by atoms with E-state index >= 15 is 0 Å². The summed E-state index contributed by atoms with van der Waals surface area (Å²) in [6, 6.07) is -1.32. The Morgan fingerprint density at radius 1 is 0.378 bits per heavy atom. The van der Waals surface area contributed by atoms with Gasteiger partial charge in [0.1, 0.15) is 116 Å². The van der Waals surface area contributed by atoms with Crippen LogP contribution in [0.3, 0.4) is 0 Å². The number of amides is 3. The van der Waals surface area contributed by atoms with Gasteiger partial charge in [-0.05, 0) is 134 Å². The summed E-state index contributed by atoms with van der Waals surface area (Å²) in [7, 11) is 1.84. The number of aliphatic hydroxyl groups is 16. The molecule has 19 N–H and O–H groups in total. The lowest BCUT2D eigenvalue weighted by molar-refractivity contribution is -0.385. The zero-order chi connectivity index (χ0) is 92.8. The number of hydrogen-bond donors (Lipinski definition) is 19. The van der Waals surface area contributed by atoms with Gasteiger partial charge in [-0.1, -0.05) is 103 Å². The molecule has 0 radical (unpaired) electrons. The zero-order valence-electron chi connectivity index (χ0n) is 71.2. The van der Waals surface area contributed by atoms with E-state index in [4.69, 9.17) is 56.8 Å². The Balaban J connectivity index is 0.991. The van der Waals surface area contributed by atoms with Crippen molar-refractivity contribution in [1.29, 1.82) is 0 Å². The predicted octanol–water partition coefficient (Wildman–Crippen LogP) is -5.81. The number of unbranched alkanes of at least 4 members (excludes halogenated alkanes) is 15. The predicted molar refractivity (Wildman–Crippen MR) is 443 cm³/mol. The van der Waals surface area contributed by atoms with E-state index in [9.17, 15) is 106 Å². The van der Waals surface area contributed by atoms with Crippen molar-refractivity contribution in [2.24, 2.45) is 0 Å². The van der Waals surface area contributed by atoms with Crippen LogP contribution in [0.2, 0.25) is 0 Å². The van der Waals surface area contributed by atoms with Crippen LogP contribution >= 0.6 is 0 Å². The van der Waals surface area contributed by atoms with Crippen LogP contribution in [0.15, 0.2) is 0 Å². The van der Waals surface area contributed by atoms with Crippen LogP contribution in [0.25, 0.3) is 0 Å². The van der Waals surface area contributed by atoms with E-state index in [1.54, 1.807) is 6.92 Å². The summed E-state index contributed by atoms with van der Waals surface area (Å²) in [5.41, 5.74) is 0. The first-order chi connectivity index (χ1) is 61.3. The van der Waals surface area contributed by atoms with Crippen molar-refractivity contribution in [2.75, 3.05) is 67.0 Å². The highest BCUT2D eigenvalue weighted by atomic mass is 16.8. The zero-order valence-corrected chi connectivity index (χ0v) is 71.2. The molecule has 0 aliphatic carbocycles. The molecule has 37 heteroatoms. The number of carbonyl (C=O) groups is 5. The van der Waals surface area contributed by atoms with E-state index in [0.717, 1.165) is 39.9 Å². The summed E-state index contributed by atoms with van der Waals surface area (Å²) in [4.78, 5) is 63.6. The quantitative estimate of drug-likeness (QED) is 0.0153. The maximum atomic E-state index is 13.1. The minimum Gasteiger partial charge on any atom is -0.467 e. The summed E-state index contributed by atoms with van der Waals surface area (Å²) in [5, 5.41) is 183. The van der Waals surface area contributed by atoms with E-state index in [1.807, 2.05) is 0 Å². The van der Waals surface area contributed by atoms with Crippen molar-refractivity contribution in [3.05, 3.63) is 0 Å². The van der Waals surface area contributed by atoms with Gasteiger partial charge in [0.2, 0.25) is 11.8 Å². The molecule has 5 rings (SSSR count). The maximum absolute atomic E-state index is 13.1. The average molecular weight is 1780 g/mol. The highest BCUT2D eigenvalue weighted by Crippen LogP contribution is 2.36. The van der Waals surface area contributed by atoms with Gasteiger partial charge in [0.25, 0.3) is 5.91 Å². The van der Waals surface area contributed by atoms with Crippen LogP contribution in [-0.2, 0) is 85.6 Å². The third-order valence-corrected chi connectivity index (χ3v) is 20.3. The van der Waals surface area contributed by atoms with E-state index in [2.05, 4.69) is 170 Å². The molecule has 127 heavy (non-hydrogen) atoms. The molecule has 5 saturated heterocycles. The molecular weight excluding hydrogens is 1670 g/mol. The largest absolute Gasteiger partial charge is 0.467 e. The Bertz CT molecular complexity index is 4230. The Hall–Kier alpha value is -9.01. The molecule has 3 amide bonds. The molecule has 0 bridgehead atoms. The summed E-state index contributed by atoms with van der Waals surface area (Å²) >= 11 is 0. The number of esters is 2. The van der Waals surface area contributed by atoms with Crippen molar-refractivity contribution in [1.82, 2.24) is 16.0 Å². The first kappa shape index (κ1) is 109. The smallest absolute Gasteiger partial charge is 0.337 e. The second-order valence-electron chi connectivity index (χ2n) is 29.6. The van der Waals surface area contributed by atoms with E-state index in [1.165, 1.54) is 44.9 Å². The van der Waals surface area contributed by atoms with Crippen molar-refractivity contribution in [3.8, 4) is 142 Å². The fraction of sp³-hybridized carbons (Fsp3) is 0.678. The van der Waals surface area contributed by atoms with E-state index in [-0.39, 0.29) is 51.5 Å². The van der Waals surface area contributed by atoms with Gasteiger partial charge < -0.3 is 159 Å². The SMILES string of the molecule is CC#CC#CC#CC#CC#CC#CC#CC#CC#CC#CC#CC#CC(=O)N[C@@H](COC1OC(COCCCCCCNC(=O)CCCCC(=O)NCCOC2OC(CO)C(OC3OC(C(=O)OC)C(O)C(OC4OC(CO)C(OC5OC(C(=O)OC)C(O)C(O)C5O)C(O)C4O)C3O)C(O)C2O)C(O)C(O)C1O)[C@H](O)[C@H](O)CCCCCCCCCCCCCC. The van der Waals surface area contributed by atoms with Gasteiger partial charge in [0.05, 0.1) is 59.4 Å². The Labute approximate surface area is 739 Å². The molecule has 28 atom stereocenters. The minimum atomic E-state index is -2.24. The Morgan fingerprint density at radius 3 is 1.28 bits per heavy atom. The third-order valence-electron chi connectivity index (χ3n) is 20.3. The lowest BCUT2D eigenvalue weighted by atomic mass is 9.95. The standard InChI is InChI=1S/C90H117N3O34/c1-5-7-9-11-13-15-17-19-20-21-22-23-24-25-26-27-28-29-31-33-35-37-41-49-65(99)93-58(66(100)59(96)46-40-36-34-32-30-18-16-14-12-10-8-6-2)56-119-87-73(107)68(102)67(101)62(122-87)57-117-52-45-39-38-44-50-91-63(97)47-42-43-48-64(98)92-51-53-118-86-75(109)71(105)79(60(54-94)120-86)124-90-78(112)81(77(111)83(127-90)85(114)116-4)125-88-76(110)72(106)80(61(55-95)121-88)123-89-74(108)69(103)70(104)82(126-89)84(113)115-3/h58-62,66-83,86-90,94-96,100-112H,6,8,10,12,14,16,18,30,32,34,36,38-40,42-48,50-57H2,1-4H3,(H,91,97)(H,92,98)(H,93,99)/t58-,59+,60?,61?,62?,66-,67?,68?,69?,70?,71?,72?,73?,74?,75?,76?,77?,78?,79?,80?,81?,82?,83?,86?,87?,88?,89?,90?/m0/s1. The van der Waals surface area contributed by atoms with Crippen LogP contribution in [0, 0.1) is 142 Å². The summed E-state index contributed by atoms with van der Waals surface area (Å²) < 4.78 is 71.5. The lowest BCUT2D eigenvalue weighted by Crippen LogP contribution is -2.68. The van der Waals surface area contributed by atoms with E-state index < -0.39 is 215 Å². The molecule has 25 unspecified atom stereocenters. The molecule has 5 heterocycles. The number of carbonyl (C=O) groups excluding carboxylic acids is 5. The lowest BCUT2D eigenvalue weighted by Gasteiger charge is -2.48. The highest BCUT2D eigenvalue weighted by molar-refractivity contribution is 5.94. The van der Waals surface area contributed by atoms with Gasteiger partial charge in [0.15, 0.2) is 43.7 Å². The van der Waals surface area contributed by atoms with Crippen LogP contribution in [-0.4, -0.2) is 350 Å². The number of hydrogen-bond acceptors (Lipinski definition) is 34. The van der Waals surface area contributed by atoms with Crippen molar-refractivity contribution >= 4 is 29.7 Å². The normalized spacial score (nSPS) is 29.1. The second kappa shape index (κ2) is 62.3. The molecule has 0 aromatic rings. The molecule has 0 aromatic heterocycles. The molecule has 0 saturated carbocycles. The fourth-order valence-electron chi connectivity index (χ4n) is 13.3. The van der Waals surface area contributed by atoms with Crippen LogP contribution in [0.5, 0.6) is 0 Å². The van der Waals surface area contributed by atoms with Gasteiger partial charge in [0, 0.05) is 74.0 Å². The van der Waals surface area contributed by atoms with Gasteiger partial charge in [-0.15, -0.1) is 0 Å². The number of ether oxygens (including phenoxy) is 13. The molecule has 37 nitrogen and oxygen atoms in total. The fourth-order valence-corrected chi connectivity index (χ4v) is 13.3. The van der Waals surface area contributed by atoms with E-state index in [0.29, 0.717) is 51.5 Å². The molecule has 5 aliphatic rings. The highest BCUT2D eigenvalue weighted by Gasteiger charge is 2.58. The topological polar surface area (TPSA) is 565 Å². The van der Waals surface area contributed by atoms with Crippen LogP contribution < -0.4 is 16.0 Å². The summed E-state index contributed by atoms with van der Waals surface area (Å²) in [6.07, 6.45) is -34.0. The molecule has 0 aromatic carbocycles. The summed E-state index contributed by atoms with van der Waals surface area (Å²) in [5.74, 6) is 55.4. The summed E-state index contributed by atoms with van der Waals surface area (Å²) in [6.45, 7) is 1.26. The number of rotatable bonds is 47. The second-order valence-corrected chi connectivity index (χ2v) is 29.6. The molecule has 0 spiro atoms. The Morgan fingerprint density at radius 2 is 0.772 bits per heavy atom. The number of aliphatic hydroxyl groups excluding tert-OH is 16. The van der Waals surface area contributed by atoms with Gasteiger partial charge in [-0.3, -0.25) is 14.4 Å². The first-order valence-corrected chi connectivity index (χ1v) is 42.0. The van der Waals surface area contributed by atoms with Gasteiger partial charge in [-0.25, -0.2) is 9.59 Å². The number of nitrogens with one attached hydrogen (secondary N) is 3. The molecule has 5 fully saturated rings. The monoisotopic (exact) mass is 1780 g/mol. The Kier molecular flexibility index (Phi) is 53.2.